The molecule has 5 N–H and O–H groups in total. The summed E-state index contributed by atoms with van der Waals surface area (Å²) in [6, 6.07) is 5.55. The number of hydrogen-bond acceptors (Lipinski definition) is 6. The van der Waals surface area contributed by atoms with Crippen LogP contribution in [0.5, 0.6) is 0 Å². The van der Waals surface area contributed by atoms with Crippen molar-refractivity contribution in [1.29, 1.82) is 0 Å². The van der Waals surface area contributed by atoms with Gasteiger partial charge in [0.2, 0.25) is 11.9 Å². The van der Waals surface area contributed by atoms with Crippen molar-refractivity contribution in [1.82, 2.24) is 25.3 Å². The van der Waals surface area contributed by atoms with Crippen molar-refractivity contribution in [2.75, 3.05) is 17.2 Å². The number of nitrogens with one attached hydrogen (secondary N) is 3. The largest absolute Gasteiger partial charge is 0.369 e. The van der Waals surface area contributed by atoms with Crippen LogP contribution in [-0.4, -0.2) is 37.3 Å². The van der Waals surface area contributed by atoms with Crippen molar-refractivity contribution < 1.29 is 4.79 Å². The normalized spacial score (nSPS) is 10.9. The van der Waals surface area contributed by atoms with Gasteiger partial charge in [-0.1, -0.05) is 0 Å². The van der Waals surface area contributed by atoms with Crippen molar-refractivity contribution >= 4 is 34.7 Å². The van der Waals surface area contributed by atoms with E-state index in [9.17, 15) is 9.59 Å². The third kappa shape index (κ3) is 4.85. The molecule has 3 rings (SSSR count). The lowest BCUT2D eigenvalue weighted by Gasteiger charge is -2.05. The highest BCUT2D eigenvalue weighted by molar-refractivity contribution is 7.99. The number of aromatic nitrogens is 4. The molecule has 0 aliphatic carbocycles. The van der Waals surface area contributed by atoms with Gasteiger partial charge >= 0.3 is 0 Å². The molecule has 0 atom stereocenters. The third-order valence-electron chi connectivity index (χ3n) is 3.80. The van der Waals surface area contributed by atoms with E-state index >= 15 is 0 Å². The summed E-state index contributed by atoms with van der Waals surface area (Å²) in [5.74, 6) is 1.72. The van der Waals surface area contributed by atoms with Crippen LogP contribution in [0.4, 0.5) is 5.95 Å². The number of nitrogens with zero attached hydrogens (tertiary/aromatic N) is 2. The molecule has 0 unspecified atom stereocenters. The Kier molecular flexibility index (Phi) is 5.90. The zero-order valence-corrected chi connectivity index (χ0v) is 14.9. The molecule has 0 fully saturated rings. The van der Waals surface area contributed by atoms with E-state index in [1.165, 1.54) is 0 Å². The van der Waals surface area contributed by atoms with E-state index in [4.69, 9.17) is 5.73 Å². The fraction of sp³-hybridized carbons (Fsp3) is 0.294. The molecule has 0 aromatic carbocycles. The Morgan fingerprint density at radius 1 is 1.23 bits per heavy atom. The summed E-state index contributed by atoms with van der Waals surface area (Å²) in [7, 11) is 0. The van der Waals surface area contributed by atoms with Gasteiger partial charge in [0.25, 0.3) is 5.56 Å². The van der Waals surface area contributed by atoms with E-state index in [1.54, 1.807) is 30.2 Å². The van der Waals surface area contributed by atoms with Gasteiger partial charge in [-0.05, 0) is 35.9 Å². The maximum absolute atomic E-state index is 11.8. The van der Waals surface area contributed by atoms with Gasteiger partial charge in [0.05, 0.1) is 5.39 Å². The molecule has 3 aromatic heterocycles. The van der Waals surface area contributed by atoms with Gasteiger partial charge in [0, 0.05) is 36.8 Å². The average molecular weight is 372 g/mol. The average Bonchev–Trinajstić information content (AvgIpc) is 3.03. The van der Waals surface area contributed by atoms with E-state index in [2.05, 4.69) is 25.3 Å². The number of nitrogen functional groups attached to an aromatic ring is 1. The number of hydrogen-bond donors (Lipinski definition) is 4. The first kappa shape index (κ1) is 18.0. The number of carbonyl (C=O) groups is 1. The first-order valence-electron chi connectivity index (χ1n) is 8.22. The lowest BCUT2D eigenvalue weighted by Crippen LogP contribution is -2.23. The van der Waals surface area contributed by atoms with Crippen LogP contribution in [0.25, 0.3) is 11.0 Å². The molecule has 26 heavy (non-hydrogen) atoms. The molecule has 0 aliphatic heterocycles. The van der Waals surface area contributed by atoms with Crippen molar-refractivity contribution in [3.8, 4) is 0 Å². The number of thioether (sulfide) groups is 1. The molecular formula is C17H20N6O2S. The van der Waals surface area contributed by atoms with Gasteiger partial charge in [0.1, 0.15) is 5.65 Å². The highest BCUT2D eigenvalue weighted by atomic mass is 32.2. The summed E-state index contributed by atoms with van der Waals surface area (Å²) in [6.45, 7) is 0.520. The minimum atomic E-state index is -0.242. The number of carbonyl (C=O) groups excluding carboxylic acids is 1. The number of rotatable bonds is 8. The predicted molar refractivity (Wildman–Crippen MR) is 103 cm³/mol. The SMILES string of the molecule is Nc1nc2[nH]c(CCSCCC(=O)NCc3ccncc3)cc2c(=O)[nH]1. The molecule has 9 heteroatoms. The fourth-order valence-electron chi connectivity index (χ4n) is 2.46. The van der Waals surface area contributed by atoms with E-state index in [0.29, 0.717) is 24.0 Å². The lowest BCUT2D eigenvalue weighted by atomic mass is 10.2. The maximum Gasteiger partial charge on any atom is 0.261 e. The Bertz CT molecular complexity index is 937. The maximum atomic E-state index is 11.8. The highest BCUT2D eigenvalue weighted by Gasteiger charge is 2.07. The molecule has 0 saturated heterocycles. The molecule has 0 spiro atoms. The first-order chi connectivity index (χ1) is 12.6. The van der Waals surface area contributed by atoms with Crippen LogP contribution in [0.3, 0.4) is 0 Å². The van der Waals surface area contributed by atoms with Crippen LogP contribution in [0.2, 0.25) is 0 Å². The fourth-order valence-corrected chi connectivity index (χ4v) is 3.36. The standard InChI is InChI=1S/C17H20N6O2S/c18-17-22-15-13(16(25)23-17)9-12(21-15)3-7-26-8-4-14(24)20-10-11-1-5-19-6-2-11/h1-2,5-6,9H,3-4,7-8,10H2,(H,20,24)(H4,18,21,22,23,25). The molecule has 0 aliphatic rings. The van der Waals surface area contributed by atoms with Crippen LogP contribution in [-0.2, 0) is 17.8 Å². The van der Waals surface area contributed by atoms with Gasteiger partial charge in [-0.2, -0.15) is 16.7 Å². The minimum absolute atomic E-state index is 0.0335. The summed E-state index contributed by atoms with van der Waals surface area (Å²) in [4.78, 5) is 37.2. The Hall–Kier alpha value is -2.81. The second-order valence-corrected chi connectivity index (χ2v) is 6.98. The van der Waals surface area contributed by atoms with Gasteiger partial charge in [-0.15, -0.1) is 0 Å². The number of aromatic amines is 2. The Morgan fingerprint density at radius 3 is 2.85 bits per heavy atom. The molecular weight excluding hydrogens is 352 g/mol. The third-order valence-corrected chi connectivity index (χ3v) is 4.78. The number of pyridine rings is 1. The predicted octanol–water partition coefficient (Wildman–Crippen LogP) is 1.21. The monoisotopic (exact) mass is 372 g/mol. The van der Waals surface area contributed by atoms with Gasteiger partial charge < -0.3 is 16.0 Å². The molecule has 1 amide bonds. The van der Waals surface area contributed by atoms with Gasteiger partial charge in [0.15, 0.2) is 0 Å². The van der Waals surface area contributed by atoms with E-state index in [-0.39, 0.29) is 17.4 Å². The lowest BCUT2D eigenvalue weighted by molar-refractivity contribution is -0.120. The number of aryl methyl sites for hydroxylation is 1. The second-order valence-electron chi connectivity index (χ2n) is 5.75. The van der Waals surface area contributed by atoms with Crippen molar-refractivity contribution in [3.63, 3.8) is 0 Å². The molecule has 3 heterocycles. The number of nitrogens with two attached hydrogens (primary N) is 1. The Labute approximate surface area is 154 Å². The van der Waals surface area contributed by atoms with Gasteiger partial charge in [-0.3, -0.25) is 19.6 Å². The topological polar surface area (TPSA) is 130 Å². The highest BCUT2D eigenvalue weighted by Crippen LogP contribution is 2.13. The van der Waals surface area contributed by atoms with Crippen LogP contribution in [0.1, 0.15) is 17.7 Å². The van der Waals surface area contributed by atoms with Crippen LogP contribution in [0.15, 0.2) is 35.4 Å². The van der Waals surface area contributed by atoms with Crippen LogP contribution < -0.4 is 16.6 Å². The molecule has 0 saturated carbocycles. The molecule has 8 nitrogen and oxygen atoms in total. The van der Waals surface area contributed by atoms with Crippen molar-refractivity contribution in [2.24, 2.45) is 0 Å². The number of amides is 1. The Balaban J connectivity index is 1.37. The smallest absolute Gasteiger partial charge is 0.261 e. The number of fused-ring (bicyclic) bond motifs is 1. The zero-order valence-electron chi connectivity index (χ0n) is 14.1. The van der Waals surface area contributed by atoms with Crippen LogP contribution in [0, 0.1) is 0 Å². The van der Waals surface area contributed by atoms with Gasteiger partial charge in [-0.25, -0.2) is 0 Å². The first-order valence-corrected chi connectivity index (χ1v) is 9.38. The number of H-pyrrole nitrogens is 2. The minimum Gasteiger partial charge on any atom is -0.369 e. The van der Waals surface area contributed by atoms with E-state index in [1.807, 2.05) is 12.1 Å². The Morgan fingerprint density at radius 2 is 2.04 bits per heavy atom. The van der Waals surface area contributed by atoms with Crippen molar-refractivity contribution in [3.05, 3.63) is 52.2 Å². The molecule has 0 radical (unpaired) electrons. The summed E-state index contributed by atoms with van der Waals surface area (Å²) >= 11 is 1.69. The van der Waals surface area contributed by atoms with E-state index in [0.717, 1.165) is 29.2 Å². The van der Waals surface area contributed by atoms with Crippen molar-refractivity contribution in [2.45, 2.75) is 19.4 Å². The van der Waals surface area contributed by atoms with Crippen LogP contribution >= 0.6 is 11.8 Å². The summed E-state index contributed by atoms with van der Waals surface area (Å²) in [6.07, 6.45) is 4.65. The quantitative estimate of drug-likeness (QED) is 0.440. The summed E-state index contributed by atoms with van der Waals surface area (Å²) < 4.78 is 0. The second kappa shape index (κ2) is 8.52. The summed E-state index contributed by atoms with van der Waals surface area (Å²) in [5, 5.41) is 3.40. The summed E-state index contributed by atoms with van der Waals surface area (Å²) in [5.41, 5.74) is 7.75. The zero-order chi connectivity index (χ0) is 18.4. The molecule has 0 bridgehead atoms. The number of anilines is 1. The molecule has 3 aromatic rings. The van der Waals surface area contributed by atoms with E-state index < -0.39 is 0 Å². The molecule has 136 valence electrons.